The van der Waals surface area contributed by atoms with Crippen LogP contribution in [0, 0.1) is 11.3 Å². The summed E-state index contributed by atoms with van der Waals surface area (Å²) >= 11 is 0. The zero-order valence-corrected chi connectivity index (χ0v) is 33.5. The number of fused-ring (bicyclic) bond motifs is 1. The van der Waals surface area contributed by atoms with E-state index in [1.165, 1.54) is 14.2 Å². The van der Waals surface area contributed by atoms with E-state index in [1.54, 1.807) is 18.0 Å². The van der Waals surface area contributed by atoms with Crippen LogP contribution in [0.5, 0.6) is 0 Å². The average molecular weight is 787 g/mol. The normalized spacial score (nSPS) is 19.3. The molecule has 2 aliphatic heterocycles. The highest BCUT2D eigenvalue weighted by atomic mass is 16.5. The van der Waals surface area contributed by atoms with Gasteiger partial charge < -0.3 is 39.9 Å². The highest BCUT2D eigenvalue weighted by molar-refractivity contribution is 5.91. The Morgan fingerprint density at radius 1 is 0.724 bits per heavy atom. The van der Waals surface area contributed by atoms with Crippen LogP contribution in [0.3, 0.4) is 0 Å². The summed E-state index contributed by atoms with van der Waals surface area (Å²) < 4.78 is 9.47. The maximum absolute atomic E-state index is 13.9. The topological polar surface area (TPSA) is 175 Å². The largest absolute Gasteiger partial charge is 0.453 e. The lowest BCUT2D eigenvalue weighted by Crippen LogP contribution is -2.51. The molecule has 1 aliphatic carbocycles. The number of aromatic amines is 2. The highest BCUT2D eigenvalue weighted by Gasteiger charge is 2.55. The summed E-state index contributed by atoms with van der Waals surface area (Å²) in [5, 5.41) is 7.52. The first kappa shape index (κ1) is 38.7. The van der Waals surface area contributed by atoms with E-state index < -0.39 is 24.3 Å². The van der Waals surface area contributed by atoms with Gasteiger partial charge in [-0.3, -0.25) is 9.59 Å². The summed E-state index contributed by atoms with van der Waals surface area (Å²) in [4.78, 5) is 70.9. The molecule has 3 fully saturated rings. The molecule has 4 atom stereocenters. The molecular formula is C44H50N8O6. The Balaban J connectivity index is 0.951. The molecule has 1 saturated carbocycles. The Bertz CT molecular complexity index is 2350. The fraction of sp³-hybridized carbons (Fsp3) is 0.409. The van der Waals surface area contributed by atoms with Crippen LogP contribution in [-0.4, -0.2) is 93.1 Å². The van der Waals surface area contributed by atoms with Crippen LogP contribution in [0.4, 0.5) is 9.59 Å². The van der Waals surface area contributed by atoms with Gasteiger partial charge in [0, 0.05) is 18.7 Å². The Labute approximate surface area is 337 Å². The van der Waals surface area contributed by atoms with Gasteiger partial charge in [-0.2, -0.15) is 0 Å². The van der Waals surface area contributed by atoms with E-state index in [9.17, 15) is 19.2 Å². The molecule has 2 aromatic heterocycles. The summed E-state index contributed by atoms with van der Waals surface area (Å²) in [5.74, 6) is 1.10. The molecule has 4 heterocycles. The van der Waals surface area contributed by atoms with Crippen molar-refractivity contribution in [3.63, 3.8) is 0 Å². The van der Waals surface area contributed by atoms with Crippen LogP contribution in [-0.2, 0) is 19.1 Å². The molecule has 3 aliphatic rings. The van der Waals surface area contributed by atoms with Gasteiger partial charge in [-0.1, -0.05) is 62.4 Å². The number of carbonyl (C=O) groups is 4. The van der Waals surface area contributed by atoms with Crippen molar-refractivity contribution in [1.82, 2.24) is 40.4 Å². The van der Waals surface area contributed by atoms with E-state index in [-0.39, 0.29) is 35.2 Å². The van der Waals surface area contributed by atoms with Crippen LogP contribution < -0.4 is 10.6 Å². The van der Waals surface area contributed by atoms with Gasteiger partial charge in [0.25, 0.3) is 0 Å². The Morgan fingerprint density at radius 3 is 1.93 bits per heavy atom. The van der Waals surface area contributed by atoms with E-state index >= 15 is 0 Å². The highest BCUT2D eigenvalue weighted by Crippen LogP contribution is 2.58. The number of amides is 4. The van der Waals surface area contributed by atoms with Crippen molar-refractivity contribution < 1.29 is 28.7 Å². The maximum atomic E-state index is 13.9. The zero-order valence-electron chi connectivity index (χ0n) is 33.5. The quantitative estimate of drug-likeness (QED) is 0.116. The molecule has 2 saturated heterocycles. The second-order valence-corrected chi connectivity index (χ2v) is 16.3. The van der Waals surface area contributed by atoms with Crippen molar-refractivity contribution in [2.24, 2.45) is 11.3 Å². The van der Waals surface area contributed by atoms with Gasteiger partial charge in [-0.25, -0.2) is 19.6 Å². The summed E-state index contributed by atoms with van der Waals surface area (Å²) in [6, 6.07) is 19.4. The number of hydrogen-bond donors (Lipinski definition) is 4. The number of imidazole rings is 2. The van der Waals surface area contributed by atoms with Crippen LogP contribution in [0.25, 0.3) is 44.4 Å². The molecule has 8 rings (SSSR count). The molecule has 0 bridgehead atoms. The van der Waals surface area contributed by atoms with Gasteiger partial charge >= 0.3 is 12.2 Å². The van der Waals surface area contributed by atoms with Crippen LogP contribution in [0.15, 0.2) is 73.1 Å². The third kappa shape index (κ3) is 7.62. The first-order valence-electron chi connectivity index (χ1n) is 20.0. The molecule has 4 amide bonds. The first-order chi connectivity index (χ1) is 28.0. The molecular weight excluding hydrogens is 737 g/mol. The standard InChI is InChI=1S/C44H50N8O6/c1-25(2)37(50-43(56)58-5)41(54)52-24-44(16-17-44)21-36(52)39-46-23-34(49-39)32-15-14-30-19-29(12-13-31(30)20-32)27-8-10-28(11-9-27)33-22-45-38(48-33)35-7-6-18-51(35)40(53)26(3)47-42(55)57-4/h8-15,19-20,22-23,25-26,35-37H,6-7,16-18,21,24H2,1-5H3,(H,45,48)(H,46,49)(H,47,55)(H,50,56)/t26-,35-,36-,37-/m0/s1. The van der Waals surface area contributed by atoms with Crippen molar-refractivity contribution in [3.8, 4) is 33.6 Å². The fourth-order valence-electron chi connectivity index (χ4n) is 8.55. The summed E-state index contributed by atoms with van der Waals surface area (Å²) in [6.07, 6.45) is 7.06. The number of nitrogens with zero attached hydrogens (tertiary/aromatic N) is 4. The van der Waals surface area contributed by atoms with Crippen LogP contribution >= 0.6 is 0 Å². The van der Waals surface area contributed by atoms with E-state index in [4.69, 9.17) is 9.72 Å². The van der Waals surface area contributed by atoms with Gasteiger partial charge in [-0.05, 0) is 90.0 Å². The van der Waals surface area contributed by atoms with E-state index in [0.29, 0.717) is 13.1 Å². The Hall–Kier alpha value is -6.18. The predicted molar refractivity (Wildman–Crippen MR) is 218 cm³/mol. The summed E-state index contributed by atoms with van der Waals surface area (Å²) in [6.45, 7) is 6.76. The van der Waals surface area contributed by atoms with Crippen molar-refractivity contribution in [2.75, 3.05) is 27.3 Å². The lowest BCUT2D eigenvalue weighted by Gasteiger charge is -2.30. The minimum Gasteiger partial charge on any atom is -0.453 e. The zero-order chi connectivity index (χ0) is 40.7. The van der Waals surface area contributed by atoms with Crippen molar-refractivity contribution in [1.29, 1.82) is 0 Å². The van der Waals surface area contributed by atoms with Gasteiger partial charge in [0.15, 0.2) is 0 Å². The van der Waals surface area contributed by atoms with E-state index in [2.05, 4.69) is 91.0 Å². The molecule has 5 aromatic rings. The van der Waals surface area contributed by atoms with Crippen molar-refractivity contribution in [2.45, 2.75) is 77.0 Å². The number of carbonyl (C=O) groups excluding carboxylic acids is 4. The van der Waals surface area contributed by atoms with Crippen LogP contribution in [0.2, 0.25) is 0 Å². The second kappa shape index (κ2) is 15.6. The van der Waals surface area contributed by atoms with Gasteiger partial charge in [0.1, 0.15) is 23.7 Å². The van der Waals surface area contributed by atoms with E-state index in [0.717, 1.165) is 88.2 Å². The average Bonchev–Trinajstić information content (AvgIpc) is 3.77. The number of alkyl carbamates (subject to hydrolysis) is 2. The lowest BCUT2D eigenvalue weighted by molar-refractivity contribution is -0.136. The molecule has 302 valence electrons. The number of rotatable bonds is 10. The van der Waals surface area contributed by atoms with Crippen LogP contribution in [0.1, 0.15) is 76.6 Å². The molecule has 1 spiro atoms. The molecule has 14 nitrogen and oxygen atoms in total. The fourth-order valence-corrected chi connectivity index (χ4v) is 8.55. The molecule has 14 heteroatoms. The number of nitrogens with one attached hydrogen (secondary N) is 4. The second-order valence-electron chi connectivity index (χ2n) is 16.3. The summed E-state index contributed by atoms with van der Waals surface area (Å²) in [5.41, 5.74) is 6.03. The third-order valence-corrected chi connectivity index (χ3v) is 12.1. The van der Waals surface area contributed by atoms with Crippen molar-refractivity contribution >= 4 is 34.8 Å². The smallest absolute Gasteiger partial charge is 0.407 e. The van der Waals surface area contributed by atoms with E-state index in [1.807, 2.05) is 24.9 Å². The molecule has 0 unspecified atom stereocenters. The third-order valence-electron chi connectivity index (χ3n) is 12.1. The molecule has 58 heavy (non-hydrogen) atoms. The number of aromatic nitrogens is 4. The minimum atomic E-state index is -0.705. The minimum absolute atomic E-state index is 0.104. The Kier molecular flexibility index (Phi) is 10.4. The monoisotopic (exact) mass is 786 g/mol. The Morgan fingerprint density at radius 2 is 1.29 bits per heavy atom. The summed E-state index contributed by atoms with van der Waals surface area (Å²) in [7, 11) is 2.58. The SMILES string of the molecule is COC(=O)N[C@@H](C)C(=O)N1CCC[C@H]1c1ncc(-c2ccc(-c3ccc4cc(-c5cnc([C@@H]6CC7(CC7)CN6C(=O)[C@@H](NC(=O)OC)C(C)C)[nH]5)ccc4c3)cc2)[nH]1. The number of hydrogen-bond acceptors (Lipinski definition) is 8. The van der Waals surface area contributed by atoms with Gasteiger partial charge in [0.05, 0.1) is 50.1 Å². The maximum Gasteiger partial charge on any atom is 0.407 e. The van der Waals surface area contributed by atoms with Gasteiger partial charge in [-0.15, -0.1) is 0 Å². The lowest BCUT2D eigenvalue weighted by atomic mass is 9.98. The van der Waals surface area contributed by atoms with Crippen molar-refractivity contribution in [3.05, 3.63) is 84.7 Å². The number of likely N-dealkylation sites (tertiary alicyclic amines) is 2. The number of H-pyrrole nitrogens is 2. The number of ether oxygens (including phenoxy) is 2. The number of methoxy groups -OCH3 is 2. The first-order valence-corrected chi connectivity index (χ1v) is 20.0. The molecule has 3 aromatic carbocycles. The predicted octanol–water partition coefficient (Wildman–Crippen LogP) is 7.13. The number of benzene rings is 3. The molecule has 0 radical (unpaired) electrons. The molecule has 4 N–H and O–H groups in total. The van der Waals surface area contributed by atoms with Gasteiger partial charge in [0.2, 0.25) is 11.8 Å².